The predicted molar refractivity (Wildman–Crippen MR) is 70.4 cm³/mol. The molecular formula is C14H19F2N3. The van der Waals surface area contributed by atoms with Gasteiger partial charge in [-0.1, -0.05) is 12.5 Å². The second-order valence-electron chi connectivity index (χ2n) is 5.93. The molecule has 1 aromatic heterocycles. The highest BCUT2D eigenvalue weighted by atomic mass is 19.3. The molecule has 0 unspecified atom stereocenters. The Morgan fingerprint density at radius 1 is 1.37 bits per heavy atom. The van der Waals surface area contributed by atoms with E-state index in [0.717, 1.165) is 24.3 Å². The highest BCUT2D eigenvalue weighted by Gasteiger charge is 2.40. The summed E-state index contributed by atoms with van der Waals surface area (Å²) in [4.78, 5) is 4.32. The van der Waals surface area contributed by atoms with Crippen LogP contribution in [0.3, 0.4) is 0 Å². The summed E-state index contributed by atoms with van der Waals surface area (Å²) in [6.07, 6.45) is 4.45. The monoisotopic (exact) mass is 267 g/mol. The molecule has 0 bridgehead atoms. The average Bonchev–Trinajstić information content (AvgIpc) is 2.36. The number of halogens is 2. The predicted octanol–water partition coefficient (Wildman–Crippen LogP) is 2.36. The van der Waals surface area contributed by atoms with Gasteiger partial charge in [0.1, 0.15) is 5.82 Å². The fourth-order valence-corrected chi connectivity index (χ4v) is 3.03. The van der Waals surface area contributed by atoms with Gasteiger partial charge in [0.25, 0.3) is 5.92 Å². The molecule has 0 radical (unpaired) electrons. The maximum Gasteiger partial charge on any atom is 0.265 e. The van der Waals surface area contributed by atoms with Gasteiger partial charge >= 0.3 is 0 Å². The number of nitrogens with two attached hydrogens (primary N) is 1. The van der Waals surface area contributed by atoms with Gasteiger partial charge in [-0.3, -0.25) is 0 Å². The Morgan fingerprint density at radius 3 is 2.79 bits per heavy atom. The van der Waals surface area contributed by atoms with Crippen molar-refractivity contribution in [1.29, 1.82) is 0 Å². The summed E-state index contributed by atoms with van der Waals surface area (Å²) < 4.78 is 26.5. The molecule has 1 saturated carbocycles. The van der Waals surface area contributed by atoms with Crippen molar-refractivity contribution in [3.63, 3.8) is 0 Å². The molecule has 19 heavy (non-hydrogen) atoms. The van der Waals surface area contributed by atoms with E-state index in [2.05, 4.69) is 10.3 Å². The number of nitrogens with zero attached hydrogens (tertiary/aromatic N) is 1. The number of rotatable bonds is 3. The smallest absolute Gasteiger partial charge is 0.265 e. The van der Waals surface area contributed by atoms with Crippen LogP contribution in [0.5, 0.6) is 0 Å². The second kappa shape index (κ2) is 4.40. The van der Waals surface area contributed by atoms with Crippen molar-refractivity contribution < 1.29 is 8.78 Å². The molecule has 5 heteroatoms. The van der Waals surface area contributed by atoms with Crippen molar-refractivity contribution in [3.05, 3.63) is 23.4 Å². The molecule has 0 saturated heterocycles. The fraction of sp³-hybridized carbons (Fsp3) is 0.643. The number of anilines is 1. The molecule has 1 fully saturated rings. The van der Waals surface area contributed by atoms with Crippen LogP contribution in [0.25, 0.3) is 0 Å². The Labute approximate surface area is 111 Å². The minimum Gasteiger partial charge on any atom is -0.369 e. The number of fused-ring (bicyclic) bond motifs is 1. The molecule has 3 rings (SSSR count). The zero-order chi connectivity index (χ0) is 13.5. The van der Waals surface area contributed by atoms with E-state index in [1.165, 1.54) is 19.3 Å². The van der Waals surface area contributed by atoms with Gasteiger partial charge in [0, 0.05) is 12.2 Å². The minimum atomic E-state index is -2.87. The first kappa shape index (κ1) is 12.8. The van der Waals surface area contributed by atoms with Gasteiger partial charge in [-0.2, -0.15) is 0 Å². The third-order valence-corrected chi connectivity index (χ3v) is 4.39. The third-order valence-electron chi connectivity index (χ3n) is 4.39. The zero-order valence-corrected chi connectivity index (χ0v) is 10.9. The van der Waals surface area contributed by atoms with Crippen LogP contribution in [-0.4, -0.2) is 24.0 Å². The minimum absolute atomic E-state index is 0.385. The van der Waals surface area contributed by atoms with Crippen LogP contribution < -0.4 is 11.1 Å². The van der Waals surface area contributed by atoms with Gasteiger partial charge < -0.3 is 11.1 Å². The van der Waals surface area contributed by atoms with Crippen molar-refractivity contribution in [2.75, 3.05) is 18.4 Å². The van der Waals surface area contributed by atoms with Crippen LogP contribution in [0.15, 0.2) is 12.1 Å². The molecule has 0 aromatic carbocycles. The summed E-state index contributed by atoms with van der Waals surface area (Å²) in [6.45, 7) is 0.284. The summed E-state index contributed by atoms with van der Waals surface area (Å²) in [5.41, 5.74) is 7.03. The van der Waals surface area contributed by atoms with E-state index < -0.39 is 12.5 Å². The van der Waals surface area contributed by atoms with Gasteiger partial charge in [0.15, 0.2) is 0 Å². The first-order chi connectivity index (χ1) is 9.02. The normalized spacial score (nSPS) is 20.6. The molecule has 2 heterocycles. The zero-order valence-electron chi connectivity index (χ0n) is 10.9. The fourth-order valence-electron chi connectivity index (χ4n) is 3.03. The molecule has 2 aliphatic rings. The van der Waals surface area contributed by atoms with Crippen LogP contribution in [0.4, 0.5) is 14.6 Å². The van der Waals surface area contributed by atoms with Gasteiger partial charge in [0.05, 0.1) is 13.0 Å². The number of hydrogen-bond donors (Lipinski definition) is 2. The van der Waals surface area contributed by atoms with Gasteiger partial charge in [-0.25, -0.2) is 13.8 Å². The lowest BCUT2D eigenvalue weighted by Gasteiger charge is -2.45. The standard InChI is InChI=1S/C14H19F2N3/c15-14(16,8-17)7-11-3-2-10-6-13(4-1-5-13)9-18-12(10)19-11/h2-3H,1,4-9,17H2,(H,18,19). The molecule has 3 N–H and O–H groups in total. The maximum absolute atomic E-state index is 13.3. The van der Waals surface area contributed by atoms with Crippen LogP contribution in [0, 0.1) is 5.41 Å². The quantitative estimate of drug-likeness (QED) is 0.884. The summed E-state index contributed by atoms with van der Waals surface area (Å²) in [5, 5.41) is 3.31. The first-order valence-corrected chi connectivity index (χ1v) is 6.83. The van der Waals surface area contributed by atoms with Crippen molar-refractivity contribution in [1.82, 2.24) is 4.98 Å². The molecular weight excluding hydrogens is 248 g/mol. The number of nitrogens with one attached hydrogen (secondary N) is 1. The average molecular weight is 267 g/mol. The first-order valence-electron chi connectivity index (χ1n) is 6.83. The largest absolute Gasteiger partial charge is 0.369 e. The lowest BCUT2D eigenvalue weighted by Crippen LogP contribution is -2.42. The lowest BCUT2D eigenvalue weighted by molar-refractivity contribution is 0.0105. The molecule has 1 aliphatic heterocycles. The SMILES string of the molecule is NCC(F)(F)Cc1ccc2c(n1)NCC1(CCC1)C2. The molecule has 0 amide bonds. The Balaban J connectivity index is 1.78. The number of hydrogen-bond acceptors (Lipinski definition) is 3. The number of alkyl halides is 2. The number of pyridine rings is 1. The van der Waals surface area contributed by atoms with E-state index in [1.807, 2.05) is 6.07 Å². The molecule has 1 aliphatic carbocycles. The Kier molecular flexibility index (Phi) is 2.96. The van der Waals surface area contributed by atoms with Gasteiger partial charge in [-0.05, 0) is 36.3 Å². The molecule has 104 valence electrons. The van der Waals surface area contributed by atoms with Crippen molar-refractivity contribution in [2.24, 2.45) is 11.1 Å². The van der Waals surface area contributed by atoms with Crippen molar-refractivity contribution in [3.8, 4) is 0 Å². The summed E-state index contributed by atoms with van der Waals surface area (Å²) >= 11 is 0. The van der Waals surface area contributed by atoms with Crippen LogP contribution in [0.1, 0.15) is 30.5 Å². The Bertz CT molecular complexity index is 484. The third kappa shape index (κ3) is 2.43. The Morgan fingerprint density at radius 2 is 2.16 bits per heavy atom. The van der Waals surface area contributed by atoms with Crippen molar-refractivity contribution >= 4 is 5.82 Å². The molecule has 3 nitrogen and oxygen atoms in total. The highest BCUT2D eigenvalue weighted by molar-refractivity contribution is 5.49. The topological polar surface area (TPSA) is 50.9 Å². The van der Waals surface area contributed by atoms with Crippen LogP contribution in [0.2, 0.25) is 0 Å². The molecule has 1 spiro atoms. The summed E-state index contributed by atoms with van der Waals surface area (Å²) in [6, 6.07) is 3.65. The lowest BCUT2D eigenvalue weighted by atomic mass is 9.64. The van der Waals surface area contributed by atoms with E-state index >= 15 is 0 Å². The molecule has 0 atom stereocenters. The highest BCUT2D eigenvalue weighted by Crippen LogP contribution is 2.46. The maximum atomic E-state index is 13.3. The number of aromatic nitrogens is 1. The second-order valence-corrected chi connectivity index (χ2v) is 5.93. The summed E-state index contributed by atoms with van der Waals surface area (Å²) in [5.74, 6) is -2.09. The van der Waals surface area contributed by atoms with Crippen LogP contribution >= 0.6 is 0 Å². The van der Waals surface area contributed by atoms with E-state index in [1.54, 1.807) is 6.07 Å². The van der Waals surface area contributed by atoms with E-state index in [0.29, 0.717) is 11.1 Å². The molecule has 1 aromatic rings. The van der Waals surface area contributed by atoms with Crippen LogP contribution in [-0.2, 0) is 12.8 Å². The van der Waals surface area contributed by atoms with E-state index in [-0.39, 0.29) is 6.42 Å². The Hall–Kier alpha value is -1.23. The summed E-state index contributed by atoms with van der Waals surface area (Å²) in [7, 11) is 0. The van der Waals surface area contributed by atoms with E-state index in [9.17, 15) is 8.78 Å². The van der Waals surface area contributed by atoms with Gasteiger partial charge in [-0.15, -0.1) is 0 Å². The van der Waals surface area contributed by atoms with Gasteiger partial charge in [0.2, 0.25) is 0 Å². The van der Waals surface area contributed by atoms with Crippen molar-refractivity contribution in [2.45, 2.75) is 38.0 Å². The van der Waals surface area contributed by atoms with E-state index in [4.69, 9.17) is 5.73 Å².